The molecule has 164 valence electrons. The molecule has 3 atom stereocenters. The van der Waals surface area contributed by atoms with Crippen molar-refractivity contribution in [3.63, 3.8) is 0 Å². The van der Waals surface area contributed by atoms with Gasteiger partial charge in [0.25, 0.3) is 0 Å². The molecule has 0 saturated carbocycles. The van der Waals surface area contributed by atoms with Crippen molar-refractivity contribution < 1.29 is 28.9 Å². The van der Waals surface area contributed by atoms with Crippen LogP contribution in [-0.2, 0) is 23.8 Å². The van der Waals surface area contributed by atoms with E-state index in [1.165, 1.54) is 18.8 Å². The number of carboxylic acids is 1. The third kappa shape index (κ3) is 7.78. The van der Waals surface area contributed by atoms with Gasteiger partial charge in [0.15, 0.2) is 0 Å². The van der Waals surface area contributed by atoms with Crippen LogP contribution in [0, 0.1) is 11.3 Å². The number of hydrogen-bond acceptors (Lipinski definition) is 5. The van der Waals surface area contributed by atoms with E-state index in [-0.39, 0.29) is 30.2 Å². The first-order valence-corrected chi connectivity index (χ1v) is 10.1. The van der Waals surface area contributed by atoms with E-state index in [1.54, 1.807) is 7.11 Å². The van der Waals surface area contributed by atoms with Gasteiger partial charge in [-0.3, -0.25) is 0 Å². The lowest BCUT2D eigenvalue weighted by atomic mass is 9.63. The van der Waals surface area contributed by atoms with Gasteiger partial charge in [-0.25, -0.2) is 9.59 Å². The summed E-state index contributed by atoms with van der Waals surface area (Å²) in [5.74, 6) is -0.963. The molecule has 0 aromatic heterocycles. The number of methoxy groups -OCH3 is 2. The van der Waals surface area contributed by atoms with Crippen LogP contribution < -0.4 is 0 Å². The fraction of sp³-hybridized carbons (Fsp3) is 0.652. The van der Waals surface area contributed by atoms with Gasteiger partial charge in [0.05, 0.1) is 13.2 Å². The van der Waals surface area contributed by atoms with Gasteiger partial charge in [-0.15, -0.1) is 0 Å². The first-order chi connectivity index (χ1) is 13.6. The van der Waals surface area contributed by atoms with Crippen molar-refractivity contribution in [2.45, 2.75) is 65.9 Å². The summed E-state index contributed by atoms with van der Waals surface area (Å²) in [6.45, 7) is 8.38. The molecule has 0 bridgehead atoms. The normalized spacial score (nSPS) is 25.5. The average Bonchev–Trinajstić information content (AvgIpc) is 2.66. The zero-order chi connectivity index (χ0) is 22.0. The molecule has 0 aliphatic heterocycles. The minimum Gasteiger partial charge on any atom is -0.478 e. The lowest BCUT2D eigenvalue weighted by Gasteiger charge is -2.42. The maximum absolute atomic E-state index is 12.5. The topological polar surface area (TPSA) is 82.1 Å². The van der Waals surface area contributed by atoms with Crippen LogP contribution in [0.15, 0.2) is 34.9 Å². The molecule has 1 aliphatic rings. The number of esters is 1. The largest absolute Gasteiger partial charge is 0.478 e. The molecule has 1 aliphatic carbocycles. The number of hydrogen-bond donors (Lipinski definition) is 1. The van der Waals surface area contributed by atoms with Crippen molar-refractivity contribution in [1.82, 2.24) is 0 Å². The molecule has 6 heteroatoms. The van der Waals surface area contributed by atoms with E-state index in [2.05, 4.69) is 26.8 Å². The monoisotopic (exact) mass is 408 g/mol. The van der Waals surface area contributed by atoms with Crippen LogP contribution in [0.2, 0.25) is 0 Å². The van der Waals surface area contributed by atoms with Crippen LogP contribution in [0.1, 0.15) is 59.8 Å². The highest BCUT2D eigenvalue weighted by Gasteiger charge is 2.43. The molecular weight excluding hydrogens is 372 g/mol. The van der Waals surface area contributed by atoms with Gasteiger partial charge in [-0.1, -0.05) is 31.1 Å². The Hall–Kier alpha value is -1.92. The molecule has 0 unspecified atom stereocenters. The van der Waals surface area contributed by atoms with Crippen molar-refractivity contribution in [3.8, 4) is 0 Å². The fourth-order valence-electron chi connectivity index (χ4n) is 3.77. The van der Waals surface area contributed by atoms with Crippen molar-refractivity contribution >= 4 is 11.9 Å². The third-order valence-electron chi connectivity index (χ3n) is 5.89. The van der Waals surface area contributed by atoms with Crippen LogP contribution >= 0.6 is 0 Å². The predicted octanol–water partition coefficient (Wildman–Crippen LogP) is 4.66. The van der Waals surface area contributed by atoms with Gasteiger partial charge in [0.2, 0.25) is 0 Å². The van der Waals surface area contributed by atoms with Crippen molar-refractivity contribution in [3.05, 3.63) is 34.9 Å². The lowest BCUT2D eigenvalue weighted by molar-refractivity contribution is -0.139. The van der Waals surface area contributed by atoms with E-state index in [4.69, 9.17) is 19.3 Å². The van der Waals surface area contributed by atoms with Crippen LogP contribution in [0.4, 0.5) is 0 Å². The third-order valence-corrected chi connectivity index (χ3v) is 5.89. The summed E-state index contributed by atoms with van der Waals surface area (Å²) >= 11 is 0. The van der Waals surface area contributed by atoms with Gasteiger partial charge < -0.3 is 19.3 Å². The Labute approximate surface area is 174 Å². The second kappa shape index (κ2) is 11.9. The van der Waals surface area contributed by atoms with Crippen molar-refractivity contribution in [1.29, 1.82) is 0 Å². The zero-order valence-electron chi connectivity index (χ0n) is 18.6. The minimum absolute atomic E-state index is 0.159. The first-order valence-electron chi connectivity index (χ1n) is 10.1. The summed E-state index contributed by atoms with van der Waals surface area (Å²) in [7, 11) is 2.99. The number of rotatable bonds is 11. The molecule has 0 heterocycles. The van der Waals surface area contributed by atoms with Crippen LogP contribution in [0.25, 0.3) is 0 Å². The number of carbonyl (C=O) groups excluding carboxylic acids is 1. The molecule has 1 N–H and O–H groups in total. The summed E-state index contributed by atoms with van der Waals surface area (Å²) < 4.78 is 15.7. The second-order valence-electron chi connectivity index (χ2n) is 8.16. The molecule has 0 amide bonds. The Balaban J connectivity index is 2.83. The number of aliphatic carboxylic acids is 1. The van der Waals surface area contributed by atoms with E-state index in [1.807, 2.05) is 13.0 Å². The van der Waals surface area contributed by atoms with Gasteiger partial charge in [-0.2, -0.15) is 0 Å². The van der Waals surface area contributed by atoms with Crippen LogP contribution in [-0.4, -0.2) is 44.2 Å². The van der Waals surface area contributed by atoms with E-state index < -0.39 is 5.97 Å². The summed E-state index contributed by atoms with van der Waals surface area (Å²) in [5.41, 5.74) is 2.47. The molecule has 0 saturated heterocycles. The number of allylic oxidation sites excluding steroid dienone is 3. The highest BCUT2D eigenvalue weighted by atomic mass is 16.7. The van der Waals surface area contributed by atoms with E-state index in [0.29, 0.717) is 5.57 Å². The van der Waals surface area contributed by atoms with E-state index in [9.17, 15) is 9.59 Å². The number of carbonyl (C=O) groups is 2. The smallest absolute Gasteiger partial charge is 0.334 e. The molecule has 6 nitrogen and oxygen atoms in total. The molecule has 0 aromatic rings. The summed E-state index contributed by atoms with van der Waals surface area (Å²) in [6.07, 6.45) is 9.19. The zero-order valence-corrected chi connectivity index (χ0v) is 18.6. The summed E-state index contributed by atoms with van der Waals surface area (Å²) in [6, 6.07) is 0. The molecule has 29 heavy (non-hydrogen) atoms. The van der Waals surface area contributed by atoms with Crippen LogP contribution in [0.5, 0.6) is 0 Å². The van der Waals surface area contributed by atoms with Crippen LogP contribution in [0.3, 0.4) is 0 Å². The molecule has 1 rings (SSSR count). The predicted molar refractivity (Wildman–Crippen MR) is 112 cm³/mol. The Bertz CT molecular complexity index is 660. The van der Waals surface area contributed by atoms with Gasteiger partial charge >= 0.3 is 11.9 Å². The SMILES string of the molecule is COCO[C@@H]1C=C(C(=O)OC)[C@@](C)(CC/C(C)=C/CC/C(C)=C/C(=O)O)[C@H](C)C1. The summed E-state index contributed by atoms with van der Waals surface area (Å²) in [4.78, 5) is 23.2. The summed E-state index contributed by atoms with van der Waals surface area (Å²) in [5, 5.41) is 8.78. The van der Waals surface area contributed by atoms with Gasteiger partial charge in [0.1, 0.15) is 6.79 Å². The molecular formula is C23H36O6. The standard InChI is InChI=1S/C23H36O6/c1-16(8-7-9-17(2)12-21(24)25)10-11-23(4)18(3)13-19(29-15-27-5)14-20(23)22(26)28-6/h8,12,14,18-19H,7,9-11,13,15H2,1-6H3,(H,24,25)/b16-8+,17-12+/t18-,19+,23+/m1/s1. The molecule has 0 radical (unpaired) electrons. The quantitative estimate of drug-likeness (QED) is 0.232. The van der Waals surface area contributed by atoms with Gasteiger partial charge in [-0.05, 0) is 57.9 Å². The second-order valence-corrected chi connectivity index (χ2v) is 8.16. The lowest BCUT2D eigenvalue weighted by Crippen LogP contribution is -2.39. The Morgan fingerprint density at radius 2 is 1.93 bits per heavy atom. The van der Waals surface area contributed by atoms with Crippen molar-refractivity contribution in [2.75, 3.05) is 21.0 Å². The Kier molecular flexibility index (Phi) is 10.3. The Morgan fingerprint density at radius 1 is 1.24 bits per heavy atom. The fourth-order valence-corrected chi connectivity index (χ4v) is 3.77. The van der Waals surface area contributed by atoms with Crippen molar-refractivity contribution in [2.24, 2.45) is 11.3 Å². The Morgan fingerprint density at radius 3 is 2.52 bits per heavy atom. The maximum Gasteiger partial charge on any atom is 0.334 e. The molecule has 0 aromatic carbocycles. The molecule has 0 fully saturated rings. The van der Waals surface area contributed by atoms with Gasteiger partial charge in [0, 0.05) is 24.2 Å². The molecule has 0 spiro atoms. The average molecular weight is 409 g/mol. The minimum atomic E-state index is -0.905. The highest BCUT2D eigenvalue weighted by Crippen LogP contribution is 2.47. The highest BCUT2D eigenvalue weighted by molar-refractivity contribution is 5.90. The first kappa shape index (κ1) is 25.1. The number of ether oxygens (including phenoxy) is 3. The number of carboxylic acid groups (broad SMARTS) is 1. The van der Waals surface area contributed by atoms with E-state index >= 15 is 0 Å². The maximum atomic E-state index is 12.5. The van der Waals surface area contributed by atoms with E-state index in [0.717, 1.165) is 37.7 Å².